The summed E-state index contributed by atoms with van der Waals surface area (Å²) in [4.78, 5) is 34.5. The van der Waals surface area contributed by atoms with Crippen molar-refractivity contribution in [3.8, 4) is 11.5 Å². The number of benzene rings is 2. The van der Waals surface area contributed by atoms with Crippen LogP contribution in [-0.2, 0) is 6.54 Å². The normalized spacial score (nSPS) is 14.6. The van der Waals surface area contributed by atoms with Gasteiger partial charge in [0.1, 0.15) is 11.5 Å². The van der Waals surface area contributed by atoms with Gasteiger partial charge in [0.25, 0.3) is 11.5 Å². The van der Waals surface area contributed by atoms with Gasteiger partial charge in [-0.3, -0.25) is 18.9 Å². The summed E-state index contributed by atoms with van der Waals surface area (Å²) in [6, 6.07) is 18.4. The van der Waals surface area contributed by atoms with Crippen LogP contribution in [0, 0.1) is 0 Å². The lowest BCUT2D eigenvalue weighted by Crippen LogP contribution is -2.48. The van der Waals surface area contributed by atoms with Crippen molar-refractivity contribution in [2.75, 3.05) is 26.2 Å². The molecule has 5 rings (SSSR count). The number of hydrogen-bond acceptors (Lipinski definition) is 6. The van der Waals surface area contributed by atoms with E-state index in [0.717, 1.165) is 24.5 Å². The molecule has 0 N–H and O–H groups in total. The summed E-state index contributed by atoms with van der Waals surface area (Å²) < 4.78 is 7.36. The van der Waals surface area contributed by atoms with Gasteiger partial charge in [-0.15, -0.1) is 11.3 Å². The second-order valence-corrected chi connectivity index (χ2v) is 8.52. The first-order valence-electron chi connectivity index (χ1n) is 10.5. The summed E-state index contributed by atoms with van der Waals surface area (Å²) in [6.07, 6.45) is 1.74. The monoisotopic (exact) mass is 446 g/mol. The van der Waals surface area contributed by atoms with Gasteiger partial charge in [-0.1, -0.05) is 18.2 Å². The van der Waals surface area contributed by atoms with Crippen LogP contribution in [0.1, 0.15) is 16.1 Å². The Hall–Kier alpha value is -3.49. The highest BCUT2D eigenvalue weighted by Gasteiger charge is 2.22. The number of hydrogen-bond donors (Lipinski definition) is 0. The van der Waals surface area contributed by atoms with Gasteiger partial charge in [0.2, 0.25) is 0 Å². The highest BCUT2D eigenvalue weighted by Crippen LogP contribution is 2.22. The molecule has 32 heavy (non-hydrogen) atoms. The molecule has 4 aromatic rings. The van der Waals surface area contributed by atoms with E-state index in [1.807, 2.05) is 52.7 Å². The van der Waals surface area contributed by atoms with Crippen molar-refractivity contribution in [2.45, 2.75) is 6.54 Å². The van der Waals surface area contributed by atoms with Crippen molar-refractivity contribution in [1.82, 2.24) is 19.2 Å². The molecule has 2 aromatic heterocycles. The molecular weight excluding hydrogens is 424 g/mol. The number of piperazine rings is 1. The zero-order valence-corrected chi connectivity index (χ0v) is 18.2. The van der Waals surface area contributed by atoms with Gasteiger partial charge in [-0.25, -0.2) is 4.98 Å². The fourth-order valence-corrected chi connectivity index (χ4v) is 4.52. The minimum Gasteiger partial charge on any atom is -0.457 e. The molecule has 0 saturated carbocycles. The smallest absolute Gasteiger partial charge is 0.258 e. The van der Waals surface area contributed by atoms with Crippen LogP contribution in [0.5, 0.6) is 11.5 Å². The van der Waals surface area contributed by atoms with E-state index in [4.69, 9.17) is 4.74 Å². The molecule has 1 aliphatic rings. The van der Waals surface area contributed by atoms with Crippen LogP contribution in [0.4, 0.5) is 0 Å². The molecule has 1 fully saturated rings. The quantitative estimate of drug-likeness (QED) is 0.469. The minimum absolute atomic E-state index is 0.0206. The van der Waals surface area contributed by atoms with Gasteiger partial charge in [-0.2, -0.15) is 0 Å². The predicted molar refractivity (Wildman–Crippen MR) is 123 cm³/mol. The molecule has 0 unspecified atom stereocenters. The molecule has 0 atom stereocenters. The number of para-hydroxylation sites is 1. The number of rotatable bonds is 5. The van der Waals surface area contributed by atoms with E-state index >= 15 is 0 Å². The summed E-state index contributed by atoms with van der Waals surface area (Å²) >= 11 is 1.45. The van der Waals surface area contributed by atoms with E-state index in [1.165, 1.54) is 11.3 Å². The van der Waals surface area contributed by atoms with E-state index in [2.05, 4.69) is 9.88 Å². The van der Waals surface area contributed by atoms with Gasteiger partial charge in [-0.05, 0) is 36.4 Å². The third kappa shape index (κ3) is 4.42. The number of fused-ring (bicyclic) bond motifs is 1. The van der Waals surface area contributed by atoms with Crippen LogP contribution in [0.3, 0.4) is 0 Å². The lowest BCUT2D eigenvalue weighted by molar-refractivity contribution is 0.0627. The molecule has 3 heterocycles. The number of amides is 1. The standard InChI is InChI=1S/C24H22N4O3S/c29-22-16-19(25-24-28(22)14-15-32-24)17-26-10-12-27(13-11-26)23(30)18-6-8-21(9-7-18)31-20-4-2-1-3-5-20/h1-9,14-16H,10-13,17H2. The molecule has 7 nitrogen and oxygen atoms in total. The number of aromatic nitrogens is 2. The lowest BCUT2D eigenvalue weighted by atomic mass is 10.1. The number of carbonyl (C=O) groups is 1. The average Bonchev–Trinajstić information content (AvgIpc) is 3.30. The second-order valence-electron chi connectivity index (χ2n) is 7.65. The topological polar surface area (TPSA) is 67.2 Å². The third-order valence-corrected chi connectivity index (χ3v) is 6.24. The molecule has 1 saturated heterocycles. The molecule has 0 aliphatic carbocycles. The Labute approximate surface area is 189 Å². The minimum atomic E-state index is -0.0558. The fraction of sp³-hybridized carbons (Fsp3) is 0.208. The average molecular weight is 447 g/mol. The summed E-state index contributed by atoms with van der Waals surface area (Å²) in [5, 5.41) is 1.86. The number of nitrogens with zero attached hydrogens (tertiary/aromatic N) is 4. The highest BCUT2D eigenvalue weighted by atomic mass is 32.1. The van der Waals surface area contributed by atoms with E-state index in [-0.39, 0.29) is 11.5 Å². The maximum atomic E-state index is 12.9. The Kier molecular flexibility index (Phi) is 5.70. The Morgan fingerprint density at radius 3 is 2.44 bits per heavy atom. The molecule has 1 aliphatic heterocycles. The maximum absolute atomic E-state index is 12.9. The molecule has 1 amide bonds. The van der Waals surface area contributed by atoms with E-state index in [9.17, 15) is 9.59 Å². The molecule has 0 spiro atoms. The molecule has 8 heteroatoms. The van der Waals surface area contributed by atoms with Gasteiger partial charge in [0, 0.05) is 55.9 Å². The second kappa shape index (κ2) is 8.94. The van der Waals surface area contributed by atoms with Crippen LogP contribution in [0.2, 0.25) is 0 Å². The Bertz CT molecular complexity index is 1280. The first kappa shape index (κ1) is 20.4. The van der Waals surface area contributed by atoms with Crippen LogP contribution < -0.4 is 10.3 Å². The summed E-state index contributed by atoms with van der Waals surface area (Å²) in [6.45, 7) is 3.37. The molecule has 0 radical (unpaired) electrons. The SMILES string of the molecule is O=C(c1ccc(Oc2ccccc2)cc1)N1CCN(Cc2cc(=O)n3ccsc3n2)CC1. The van der Waals surface area contributed by atoms with Crippen molar-refractivity contribution >= 4 is 22.2 Å². The van der Waals surface area contributed by atoms with Crippen LogP contribution in [-0.4, -0.2) is 51.3 Å². The van der Waals surface area contributed by atoms with E-state index in [0.29, 0.717) is 35.9 Å². The van der Waals surface area contributed by atoms with E-state index < -0.39 is 0 Å². The molecule has 2 aromatic carbocycles. The first-order chi connectivity index (χ1) is 15.7. The molecule has 0 bridgehead atoms. The number of carbonyl (C=O) groups excluding carboxylic acids is 1. The van der Waals surface area contributed by atoms with Crippen molar-refractivity contribution < 1.29 is 9.53 Å². The van der Waals surface area contributed by atoms with Crippen molar-refractivity contribution in [1.29, 1.82) is 0 Å². The van der Waals surface area contributed by atoms with Crippen LogP contribution in [0.25, 0.3) is 4.96 Å². The zero-order chi connectivity index (χ0) is 21.9. The number of ether oxygens (including phenoxy) is 1. The maximum Gasteiger partial charge on any atom is 0.258 e. The zero-order valence-electron chi connectivity index (χ0n) is 17.4. The predicted octanol–water partition coefficient (Wildman–Crippen LogP) is 3.51. The van der Waals surface area contributed by atoms with Crippen molar-refractivity contribution in [2.24, 2.45) is 0 Å². The van der Waals surface area contributed by atoms with Crippen LogP contribution >= 0.6 is 11.3 Å². The fourth-order valence-electron chi connectivity index (χ4n) is 3.78. The Balaban J connectivity index is 1.17. The van der Waals surface area contributed by atoms with Gasteiger partial charge >= 0.3 is 0 Å². The largest absolute Gasteiger partial charge is 0.457 e. The van der Waals surface area contributed by atoms with Gasteiger partial charge in [0.15, 0.2) is 4.96 Å². The Morgan fingerprint density at radius 1 is 0.969 bits per heavy atom. The molecular formula is C24H22N4O3S. The lowest BCUT2D eigenvalue weighted by Gasteiger charge is -2.34. The summed E-state index contributed by atoms with van der Waals surface area (Å²) in [7, 11) is 0. The first-order valence-corrected chi connectivity index (χ1v) is 11.3. The Morgan fingerprint density at radius 2 is 1.69 bits per heavy atom. The van der Waals surface area contributed by atoms with Crippen LogP contribution in [0.15, 0.2) is 77.0 Å². The van der Waals surface area contributed by atoms with E-state index in [1.54, 1.807) is 28.8 Å². The van der Waals surface area contributed by atoms with Crippen molar-refractivity contribution in [3.05, 3.63) is 93.9 Å². The third-order valence-electron chi connectivity index (χ3n) is 5.48. The highest BCUT2D eigenvalue weighted by molar-refractivity contribution is 7.15. The number of thiazole rings is 1. The molecule has 162 valence electrons. The summed E-state index contributed by atoms with van der Waals surface area (Å²) in [5.74, 6) is 1.48. The van der Waals surface area contributed by atoms with Crippen molar-refractivity contribution in [3.63, 3.8) is 0 Å². The van der Waals surface area contributed by atoms with Gasteiger partial charge < -0.3 is 9.64 Å². The van der Waals surface area contributed by atoms with Gasteiger partial charge in [0.05, 0.1) is 5.69 Å². The summed E-state index contributed by atoms with van der Waals surface area (Å²) in [5.41, 5.74) is 1.36.